The van der Waals surface area contributed by atoms with Crippen LogP contribution in [0.3, 0.4) is 0 Å². The normalized spacial score (nSPS) is 16.6. The molecule has 2 aromatic rings. The van der Waals surface area contributed by atoms with E-state index in [2.05, 4.69) is 38.2 Å². The third kappa shape index (κ3) is 4.41. The van der Waals surface area contributed by atoms with E-state index in [-0.39, 0.29) is 12.0 Å². The van der Waals surface area contributed by atoms with Gasteiger partial charge >= 0.3 is 0 Å². The van der Waals surface area contributed by atoms with Crippen molar-refractivity contribution in [1.29, 1.82) is 0 Å². The van der Waals surface area contributed by atoms with Crippen LogP contribution in [0.15, 0.2) is 24.3 Å². The van der Waals surface area contributed by atoms with Gasteiger partial charge in [0.25, 0.3) is 5.91 Å². The summed E-state index contributed by atoms with van der Waals surface area (Å²) >= 11 is 0. The molecular weight excluding hydrogens is 338 g/mol. The van der Waals surface area contributed by atoms with Gasteiger partial charge in [-0.3, -0.25) is 4.79 Å². The van der Waals surface area contributed by atoms with Crippen LogP contribution in [0.1, 0.15) is 66.8 Å². The van der Waals surface area contributed by atoms with E-state index in [1.165, 1.54) is 0 Å². The van der Waals surface area contributed by atoms with Gasteiger partial charge in [-0.1, -0.05) is 44.9 Å². The number of benzene rings is 1. The Morgan fingerprint density at radius 3 is 2.70 bits per heavy atom. The highest BCUT2D eigenvalue weighted by Crippen LogP contribution is 2.24. The summed E-state index contributed by atoms with van der Waals surface area (Å²) in [6.45, 7) is 7.73. The summed E-state index contributed by atoms with van der Waals surface area (Å²) in [6, 6.07) is 8.22. The first kappa shape index (κ1) is 19.6. The first-order valence-corrected chi connectivity index (χ1v) is 10.2. The van der Waals surface area contributed by atoms with E-state index in [0.717, 1.165) is 73.3 Å². The number of carbonyl (C=O) groups excluding carboxylic acids is 1. The number of amides is 1. The average molecular weight is 370 g/mol. The van der Waals surface area contributed by atoms with E-state index in [0.29, 0.717) is 6.54 Å². The fourth-order valence-corrected chi connectivity index (χ4v) is 3.75. The summed E-state index contributed by atoms with van der Waals surface area (Å²) in [5, 5.41) is 7.98. The third-order valence-electron chi connectivity index (χ3n) is 5.11. The predicted molar refractivity (Wildman–Crippen MR) is 108 cm³/mol. The zero-order valence-corrected chi connectivity index (χ0v) is 16.8. The smallest absolute Gasteiger partial charge is 0.255 e. The van der Waals surface area contributed by atoms with Crippen molar-refractivity contribution in [3.8, 4) is 5.69 Å². The molecule has 1 saturated heterocycles. The minimum Gasteiger partial charge on any atom is -0.376 e. The molecule has 1 aromatic heterocycles. The quantitative estimate of drug-likeness (QED) is 0.765. The molecule has 0 aliphatic carbocycles. The van der Waals surface area contributed by atoms with Crippen molar-refractivity contribution in [2.24, 2.45) is 0 Å². The summed E-state index contributed by atoms with van der Waals surface area (Å²) < 4.78 is 7.64. The molecular formula is C22H31N3O2. The first-order valence-electron chi connectivity index (χ1n) is 10.2. The standard InChI is InChI=1S/C22H31N3O2/c1-4-9-18-21(22(26)23-15-17-12-8-14-27-17)20(10-5-2)25(24-18)19-13-7-6-11-16(19)3/h6-7,11,13,17H,4-5,8-10,12,14-15H2,1-3H3,(H,23,26). The topological polar surface area (TPSA) is 56.2 Å². The first-order chi connectivity index (χ1) is 13.2. The second-order valence-corrected chi connectivity index (χ2v) is 7.31. The lowest BCUT2D eigenvalue weighted by atomic mass is 10.0. The van der Waals surface area contributed by atoms with Crippen molar-refractivity contribution in [1.82, 2.24) is 15.1 Å². The second-order valence-electron chi connectivity index (χ2n) is 7.31. The Morgan fingerprint density at radius 1 is 1.26 bits per heavy atom. The number of ether oxygens (including phenoxy) is 1. The molecule has 2 heterocycles. The lowest BCUT2D eigenvalue weighted by Gasteiger charge is -2.13. The van der Waals surface area contributed by atoms with E-state index in [4.69, 9.17) is 9.84 Å². The molecule has 0 radical (unpaired) electrons. The molecule has 1 aromatic carbocycles. The molecule has 27 heavy (non-hydrogen) atoms. The Morgan fingerprint density at radius 2 is 2.04 bits per heavy atom. The molecule has 1 N–H and O–H groups in total. The Labute approximate surface area is 162 Å². The Hall–Kier alpha value is -2.14. The van der Waals surface area contributed by atoms with Gasteiger partial charge in [-0.15, -0.1) is 0 Å². The van der Waals surface area contributed by atoms with Gasteiger partial charge in [0.15, 0.2) is 0 Å². The van der Waals surface area contributed by atoms with Crippen molar-refractivity contribution in [2.45, 2.75) is 65.4 Å². The van der Waals surface area contributed by atoms with Crippen LogP contribution < -0.4 is 5.32 Å². The van der Waals surface area contributed by atoms with Crippen LogP contribution in [0.5, 0.6) is 0 Å². The molecule has 0 saturated carbocycles. The highest BCUT2D eigenvalue weighted by atomic mass is 16.5. The molecule has 1 aliphatic rings. The number of aryl methyl sites for hydroxylation is 2. The van der Waals surface area contributed by atoms with E-state index >= 15 is 0 Å². The molecule has 0 bridgehead atoms. The molecule has 1 aliphatic heterocycles. The van der Waals surface area contributed by atoms with Gasteiger partial charge in [0.1, 0.15) is 0 Å². The van der Waals surface area contributed by atoms with Crippen LogP contribution in [-0.4, -0.2) is 34.9 Å². The zero-order chi connectivity index (χ0) is 19.2. The van der Waals surface area contributed by atoms with Crippen LogP contribution in [0.25, 0.3) is 5.69 Å². The van der Waals surface area contributed by atoms with Crippen molar-refractivity contribution < 1.29 is 9.53 Å². The van der Waals surface area contributed by atoms with E-state index in [1.54, 1.807) is 0 Å². The van der Waals surface area contributed by atoms with Gasteiger partial charge in [0.05, 0.1) is 28.7 Å². The van der Waals surface area contributed by atoms with Gasteiger partial charge in [-0.2, -0.15) is 5.10 Å². The SMILES string of the molecule is CCCc1nn(-c2ccccc2C)c(CCC)c1C(=O)NCC1CCCO1. The van der Waals surface area contributed by atoms with Crippen molar-refractivity contribution >= 4 is 5.91 Å². The second kappa shape index (κ2) is 9.18. The average Bonchev–Trinajstić information content (AvgIpc) is 3.29. The summed E-state index contributed by atoms with van der Waals surface area (Å²) in [5.74, 6) is -0.0164. The van der Waals surface area contributed by atoms with E-state index < -0.39 is 0 Å². The highest BCUT2D eigenvalue weighted by molar-refractivity contribution is 5.96. The largest absolute Gasteiger partial charge is 0.376 e. The molecule has 1 unspecified atom stereocenters. The minimum absolute atomic E-state index is 0.0164. The molecule has 0 spiro atoms. The fraction of sp³-hybridized carbons (Fsp3) is 0.545. The number of para-hydroxylation sites is 1. The zero-order valence-electron chi connectivity index (χ0n) is 16.8. The number of hydrogen-bond donors (Lipinski definition) is 1. The minimum atomic E-state index is -0.0164. The van der Waals surface area contributed by atoms with Crippen LogP contribution in [0.2, 0.25) is 0 Å². The van der Waals surface area contributed by atoms with E-state index in [1.807, 2.05) is 16.8 Å². The maximum Gasteiger partial charge on any atom is 0.255 e. The Balaban J connectivity index is 1.96. The number of rotatable bonds is 8. The van der Waals surface area contributed by atoms with Crippen molar-refractivity contribution in [3.63, 3.8) is 0 Å². The fourth-order valence-electron chi connectivity index (χ4n) is 3.75. The summed E-state index contributed by atoms with van der Waals surface area (Å²) in [6.07, 6.45) is 5.80. The van der Waals surface area contributed by atoms with Gasteiger partial charge in [-0.25, -0.2) is 4.68 Å². The van der Waals surface area contributed by atoms with Crippen molar-refractivity contribution in [3.05, 3.63) is 46.8 Å². The van der Waals surface area contributed by atoms with Gasteiger partial charge < -0.3 is 10.1 Å². The highest BCUT2D eigenvalue weighted by Gasteiger charge is 2.25. The van der Waals surface area contributed by atoms with Crippen LogP contribution in [-0.2, 0) is 17.6 Å². The van der Waals surface area contributed by atoms with Crippen LogP contribution >= 0.6 is 0 Å². The maximum atomic E-state index is 13.1. The molecule has 3 rings (SSSR count). The summed E-state index contributed by atoms with van der Waals surface area (Å²) in [5.41, 5.74) is 4.89. The number of nitrogens with zero attached hydrogens (tertiary/aromatic N) is 2. The Kier molecular flexibility index (Phi) is 6.67. The van der Waals surface area contributed by atoms with Crippen LogP contribution in [0, 0.1) is 6.92 Å². The maximum absolute atomic E-state index is 13.1. The van der Waals surface area contributed by atoms with Gasteiger partial charge in [0.2, 0.25) is 0 Å². The predicted octanol–water partition coefficient (Wildman–Crippen LogP) is 3.99. The number of nitrogens with one attached hydrogen (secondary N) is 1. The molecule has 5 heteroatoms. The lowest BCUT2D eigenvalue weighted by molar-refractivity contribution is 0.0856. The van der Waals surface area contributed by atoms with Crippen molar-refractivity contribution in [2.75, 3.05) is 13.2 Å². The summed E-state index contributed by atoms with van der Waals surface area (Å²) in [4.78, 5) is 13.1. The Bertz CT molecular complexity index is 776. The lowest BCUT2D eigenvalue weighted by Crippen LogP contribution is -2.32. The molecule has 5 nitrogen and oxygen atoms in total. The van der Waals surface area contributed by atoms with Crippen LogP contribution in [0.4, 0.5) is 0 Å². The van der Waals surface area contributed by atoms with Gasteiger partial charge in [-0.05, 0) is 44.2 Å². The van der Waals surface area contributed by atoms with E-state index in [9.17, 15) is 4.79 Å². The molecule has 146 valence electrons. The molecule has 1 fully saturated rings. The van der Waals surface area contributed by atoms with Gasteiger partial charge in [0, 0.05) is 13.2 Å². The number of carbonyl (C=O) groups is 1. The third-order valence-corrected chi connectivity index (χ3v) is 5.11. The number of hydrogen-bond acceptors (Lipinski definition) is 3. The number of aromatic nitrogens is 2. The molecule has 1 amide bonds. The monoisotopic (exact) mass is 369 g/mol. The molecule has 1 atom stereocenters. The summed E-state index contributed by atoms with van der Waals surface area (Å²) in [7, 11) is 0.